The van der Waals surface area contributed by atoms with Gasteiger partial charge in [-0.05, 0) is 31.3 Å². The fourth-order valence-electron chi connectivity index (χ4n) is 1.58. The van der Waals surface area contributed by atoms with Crippen molar-refractivity contribution in [2.45, 2.75) is 22.7 Å². The van der Waals surface area contributed by atoms with Gasteiger partial charge in [-0.1, -0.05) is 41.3 Å². The van der Waals surface area contributed by atoms with E-state index in [4.69, 9.17) is 12.2 Å². The second kappa shape index (κ2) is 7.45. The van der Waals surface area contributed by atoms with E-state index in [9.17, 15) is 18.0 Å². The number of carbonyl (C=O) groups excluding carboxylic acids is 1. The molecule has 124 valence electrons. The van der Waals surface area contributed by atoms with Gasteiger partial charge >= 0.3 is 6.18 Å². The average Bonchev–Trinajstić information content (AvgIpc) is 2.85. The van der Waals surface area contributed by atoms with Crippen LogP contribution in [-0.2, 0) is 4.79 Å². The van der Waals surface area contributed by atoms with Gasteiger partial charge in [0.1, 0.15) is 6.54 Å². The van der Waals surface area contributed by atoms with Gasteiger partial charge in [0.2, 0.25) is 5.91 Å². The van der Waals surface area contributed by atoms with Crippen molar-refractivity contribution in [3.8, 4) is 5.69 Å². The summed E-state index contributed by atoms with van der Waals surface area (Å²) in [7, 11) is 0. The molecule has 23 heavy (non-hydrogen) atoms. The lowest BCUT2D eigenvalue weighted by Crippen LogP contribution is -2.37. The topological polar surface area (TPSA) is 46.9 Å². The molecule has 1 atom stereocenters. The molecule has 0 bridgehead atoms. The molecule has 0 saturated carbocycles. The van der Waals surface area contributed by atoms with Crippen molar-refractivity contribution in [1.82, 2.24) is 15.1 Å². The van der Waals surface area contributed by atoms with Crippen LogP contribution in [0, 0.1) is 3.95 Å². The van der Waals surface area contributed by atoms with Crippen LogP contribution in [-0.4, -0.2) is 33.7 Å². The van der Waals surface area contributed by atoms with Gasteiger partial charge in [-0.15, -0.1) is 5.10 Å². The van der Waals surface area contributed by atoms with E-state index >= 15 is 0 Å². The number of thioether (sulfide) groups is 1. The zero-order valence-corrected chi connectivity index (χ0v) is 14.3. The van der Waals surface area contributed by atoms with Crippen LogP contribution in [0.15, 0.2) is 34.7 Å². The summed E-state index contributed by atoms with van der Waals surface area (Å²) >= 11 is 7.51. The van der Waals surface area contributed by atoms with Crippen LogP contribution >= 0.6 is 35.3 Å². The van der Waals surface area contributed by atoms with Gasteiger partial charge in [0.05, 0.1) is 10.9 Å². The third-order valence-electron chi connectivity index (χ3n) is 2.64. The van der Waals surface area contributed by atoms with Gasteiger partial charge in [-0.3, -0.25) is 4.79 Å². The Morgan fingerprint density at radius 2 is 2.09 bits per heavy atom. The first-order chi connectivity index (χ1) is 10.8. The molecule has 4 nitrogen and oxygen atoms in total. The molecule has 2 rings (SSSR count). The highest BCUT2D eigenvalue weighted by atomic mass is 32.2. The van der Waals surface area contributed by atoms with Crippen LogP contribution in [0.1, 0.15) is 6.92 Å². The monoisotopic (exact) mass is 379 g/mol. The molecule has 0 spiro atoms. The van der Waals surface area contributed by atoms with E-state index < -0.39 is 23.9 Å². The van der Waals surface area contributed by atoms with Crippen LogP contribution in [0.2, 0.25) is 0 Å². The number of amides is 1. The number of alkyl halides is 3. The number of benzene rings is 1. The Labute approximate surface area is 143 Å². The lowest BCUT2D eigenvalue weighted by atomic mass is 10.3. The van der Waals surface area contributed by atoms with Gasteiger partial charge in [-0.2, -0.15) is 13.2 Å². The van der Waals surface area contributed by atoms with Crippen molar-refractivity contribution in [2.75, 3.05) is 6.54 Å². The van der Waals surface area contributed by atoms with Crippen molar-refractivity contribution in [3.63, 3.8) is 0 Å². The van der Waals surface area contributed by atoms with Crippen molar-refractivity contribution in [1.29, 1.82) is 0 Å². The quantitative estimate of drug-likeness (QED) is 0.634. The molecule has 1 unspecified atom stereocenters. The molecule has 1 N–H and O–H groups in total. The molecule has 1 aromatic heterocycles. The van der Waals surface area contributed by atoms with E-state index in [2.05, 4.69) is 5.10 Å². The minimum atomic E-state index is -4.43. The lowest BCUT2D eigenvalue weighted by Gasteiger charge is -2.11. The Balaban J connectivity index is 2.04. The molecular formula is C13H12F3N3OS3. The third-order valence-corrected chi connectivity index (χ3v) is 5.06. The van der Waals surface area contributed by atoms with Gasteiger partial charge in [0.15, 0.2) is 8.29 Å². The molecule has 0 saturated heterocycles. The Kier molecular flexibility index (Phi) is 5.82. The molecule has 1 heterocycles. The largest absolute Gasteiger partial charge is 0.405 e. The van der Waals surface area contributed by atoms with Crippen LogP contribution in [0.3, 0.4) is 0 Å². The van der Waals surface area contributed by atoms with Gasteiger partial charge in [-0.25, -0.2) is 4.68 Å². The van der Waals surface area contributed by atoms with Crippen LogP contribution in [0.25, 0.3) is 5.69 Å². The number of para-hydroxylation sites is 1. The summed E-state index contributed by atoms with van der Waals surface area (Å²) in [5, 5.41) is 5.45. The summed E-state index contributed by atoms with van der Waals surface area (Å²) < 4.78 is 38.9. The fourth-order valence-corrected chi connectivity index (χ4v) is 4.11. The third kappa shape index (κ3) is 5.33. The summed E-state index contributed by atoms with van der Waals surface area (Å²) in [6.07, 6.45) is -4.43. The maximum absolute atomic E-state index is 12.1. The number of hydrogen-bond donors (Lipinski definition) is 1. The van der Waals surface area contributed by atoms with Gasteiger partial charge < -0.3 is 5.32 Å². The number of aromatic nitrogens is 2. The minimum Gasteiger partial charge on any atom is -0.346 e. The number of hydrogen-bond acceptors (Lipinski definition) is 5. The van der Waals surface area contributed by atoms with Gasteiger partial charge in [0.25, 0.3) is 0 Å². The highest BCUT2D eigenvalue weighted by molar-refractivity contribution is 8.02. The highest BCUT2D eigenvalue weighted by Crippen LogP contribution is 2.27. The smallest absolute Gasteiger partial charge is 0.346 e. The van der Waals surface area contributed by atoms with Crippen LogP contribution in [0.4, 0.5) is 13.2 Å². The summed E-state index contributed by atoms with van der Waals surface area (Å²) in [4.78, 5) is 11.7. The highest BCUT2D eigenvalue weighted by Gasteiger charge is 2.29. The standard InChI is InChI=1S/C13H12F3N3OS3/c1-8(10(20)17-7-13(14,15)16)22-11-18-19(12(21)23-11)9-5-3-2-4-6-9/h2-6,8H,7H2,1H3,(H,17,20). The Morgan fingerprint density at radius 3 is 2.70 bits per heavy atom. The Hall–Kier alpha value is -1.39. The molecule has 0 aliphatic carbocycles. The van der Waals surface area contributed by atoms with E-state index in [1.165, 1.54) is 18.3 Å². The van der Waals surface area contributed by atoms with Crippen molar-refractivity contribution in [2.24, 2.45) is 0 Å². The second-order valence-electron chi connectivity index (χ2n) is 4.47. The number of carbonyl (C=O) groups is 1. The molecule has 0 aliphatic heterocycles. The number of nitrogens with one attached hydrogen (secondary N) is 1. The Bertz CT molecular complexity index is 727. The molecule has 1 amide bonds. The second-order valence-corrected chi connectivity index (χ2v) is 7.68. The minimum absolute atomic E-state index is 0.501. The summed E-state index contributed by atoms with van der Waals surface area (Å²) in [5.41, 5.74) is 0.787. The first-order valence-corrected chi connectivity index (χ1v) is 8.53. The maximum Gasteiger partial charge on any atom is 0.405 e. The van der Waals surface area contributed by atoms with Gasteiger partial charge in [0, 0.05) is 0 Å². The van der Waals surface area contributed by atoms with E-state index in [-0.39, 0.29) is 0 Å². The summed E-state index contributed by atoms with van der Waals surface area (Å²) in [6, 6.07) is 9.22. The van der Waals surface area contributed by atoms with E-state index in [1.54, 1.807) is 4.68 Å². The predicted octanol–water partition coefficient (Wildman–Crippen LogP) is 3.82. The number of nitrogens with zero attached hydrogens (tertiary/aromatic N) is 2. The molecule has 0 aliphatic rings. The molecule has 0 radical (unpaired) electrons. The van der Waals surface area contributed by atoms with Crippen LogP contribution < -0.4 is 5.32 Å². The van der Waals surface area contributed by atoms with Crippen molar-refractivity contribution in [3.05, 3.63) is 34.3 Å². The fraction of sp³-hybridized carbons (Fsp3) is 0.308. The van der Waals surface area contributed by atoms with Crippen molar-refractivity contribution >= 4 is 41.2 Å². The van der Waals surface area contributed by atoms with E-state index in [1.807, 2.05) is 35.6 Å². The summed E-state index contributed by atoms with van der Waals surface area (Å²) in [5.74, 6) is -0.695. The summed E-state index contributed by atoms with van der Waals surface area (Å²) in [6.45, 7) is 0.179. The molecular weight excluding hydrogens is 367 g/mol. The molecule has 0 fully saturated rings. The zero-order chi connectivity index (χ0) is 17.0. The zero-order valence-electron chi connectivity index (χ0n) is 11.8. The van der Waals surface area contributed by atoms with E-state index in [0.29, 0.717) is 8.29 Å². The normalized spacial score (nSPS) is 12.9. The molecule has 2 aromatic rings. The first kappa shape index (κ1) is 18.0. The maximum atomic E-state index is 12.1. The van der Waals surface area contributed by atoms with Crippen molar-refractivity contribution < 1.29 is 18.0 Å². The predicted molar refractivity (Wildman–Crippen MR) is 86.7 cm³/mol. The van der Waals surface area contributed by atoms with E-state index in [0.717, 1.165) is 17.4 Å². The number of rotatable bonds is 5. The SMILES string of the molecule is CC(Sc1nn(-c2ccccc2)c(=S)s1)C(=O)NCC(F)(F)F. The van der Waals surface area contributed by atoms with Crippen LogP contribution in [0.5, 0.6) is 0 Å². The average molecular weight is 379 g/mol. The number of halogens is 3. The Morgan fingerprint density at radius 1 is 1.43 bits per heavy atom. The lowest BCUT2D eigenvalue weighted by molar-refractivity contribution is -0.137. The first-order valence-electron chi connectivity index (χ1n) is 6.43. The molecule has 10 heteroatoms. The molecule has 1 aromatic carbocycles.